The molecule has 0 aliphatic carbocycles. The Morgan fingerprint density at radius 3 is 2.40 bits per heavy atom. The normalized spacial score (nSPS) is 14.2. The van der Waals surface area contributed by atoms with Gasteiger partial charge in [-0.05, 0) is 19.7 Å². The number of likely N-dealkylation sites (N-methyl/N-ethyl adjacent to an activating group) is 1. The summed E-state index contributed by atoms with van der Waals surface area (Å²) in [7, 11) is 3.80. The van der Waals surface area contributed by atoms with Crippen LogP contribution < -0.4 is 5.73 Å². The topological polar surface area (TPSA) is 55.0 Å². The number of benzene rings is 1. The second kappa shape index (κ2) is 6.54. The molecule has 5 heteroatoms. The molecule has 2 aromatic rings. The van der Waals surface area contributed by atoms with Gasteiger partial charge in [0.05, 0.1) is 24.0 Å². The first kappa shape index (κ1) is 14.6. The number of nitrogens with zero attached hydrogens (tertiary/aromatic N) is 3. The minimum atomic E-state index is -0.547. The molecule has 0 saturated carbocycles. The summed E-state index contributed by atoms with van der Waals surface area (Å²) >= 11 is 0. The van der Waals surface area contributed by atoms with Crippen molar-refractivity contribution in [3.05, 3.63) is 48.4 Å². The van der Waals surface area contributed by atoms with Gasteiger partial charge in [0.1, 0.15) is 6.67 Å². The molecule has 0 aliphatic rings. The zero-order chi connectivity index (χ0) is 14.5. The number of alkyl halides is 1. The van der Waals surface area contributed by atoms with E-state index < -0.39 is 12.7 Å². The van der Waals surface area contributed by atoms with E-state index in [-0.39, 0.29) is 6.04 Å². The smallest absolute Gasteiger partial charge is 0.106 e. The minimum absolute atomic E-state index is 0.143. The van der Waals surface area contributed by atoms with Gasteiger partial charge in [0.15, 0.2) is 0 Å². The van der Waals surface area contributed by atoms with Gasteiger partial charge in [0.25, 0.3) is 0 Å². The molecule has 0 saturated heterocycles. The average molecular weight is 274 g/mol. The highest BCUT2D eigenvalue weighted by Crippen LogP contribution is 2.24. The summed E-state index contributed by atoms with van der Waals surface area (Å²) in [5, 5.41) is 0. The molecule has 0 fully saturated rings. The number of hydrogen-bond acceptors (Lipinski definition) is 4. The Morgan fingerprint density at radius 1 is 1.20 bits per heavy atom. The molecule has 0 aliphatic heterocycles. The molecular formula is C15H19FN4. The Kier molecular flexibility index (Phi) is 4.76. The summed E-state index contributed by atoms with van der Waals surface area (Å²) in [5.41, 5.74) is 8.65. The maximum atomic E-state index is 12.9. The molecule has 0 bridgehead atoms. The maximum absolute atomic E-state index is 12.9. The molecule has 1 aromatic carbocycles. The second-order valence-electron chi connectivity index (χ2n) is 4.94. The van der Waals surface area contributed by atoms with Crippen LogP contribution in [0, 0.1) is 0 Å². The molecule has 2 unspecified atom stereocenters. The fourth-order valence-corrected chi connectivity index (χ4v) is 2.31. The van der Waals surface area contributed by atoms with Crippen molar-refractivity contribution in [1.29, 1.82) is 0 Å². The van der Waals surface area contributed by atoms with E-state index in [1.165, 1.54) is 0 Å². The molecule has 2 N–H and O–H groups in total. The van der Waals surface area contributed by atoms with E-state index in [4.69, 9.17) is 5.73 Å². The fraction of sp³-hybridized carbons (Fsp3) is 0.333. The van der Waals surface area contributed by atoms with E-state index in [0.29, 0.717) is 0 Å². The van der Waals surface area contributed by atoms with Crippen LogP contribution in [0.5, 0.6) is 0 Å². The van der Waals surface area contributed by atoms with E-state index in [0.717, 1.165) is 16.8 Å². The Bertz CT molecular complexity index is 527. The van der Waals surface area contributed by atoms with Gasteiger partial charge in [0, 0.05) is 18.0 Å². The van der Waals surface area contributed by atoms with E-state index in [1.54, 1.807) is 18.6 Å². The van der Waals surface area contributed by atoms with Crippen LogP contribution in [-0.4, -0.2) is 41.7 Å². The van der Waals surface area contributed by atoms with Gasteiger partial charge in [-0.1, -0.05) is 24.3 Å². The number of halogens is 1. The zero-order valence-corrected chi connectivity index (χ0v) is 11.7. The largest absolute Gasteiger partial charge is 0.324 e. The van der Waals surface area contributed by atoms with Crippen molar-refractivity contribution in [2.24, 2.45) is 5.73 Å². The van der Waals surface area contributed by atoms with Gasteiger partial charge in [-0.25, -0.2) is 4.39 Å². The van der Waals surface area contributed by atoms with Gasteiger partial charge < -0.3 is 10.6 Å². The van der Waals surface area contributed by atoms with E-state index >= 15 is 0 Å². The number of hydrogen-bond donors (Lipinski definition) is 1. The molecule has 106 valence electrons. The highest BCUT2D eigenvalue weighted by molar-refractivity contribution is 5.58. The first-order valence-electron chi connectivity index (χ1n) is 6.48. The van der Waals surface area contributed by atoms with Gasteiger partial charge in [0.2, 0.25) is 0 Å². The van der Waals surface area contributed by atoms with Crippen molar-refractivity contribution in [3.63, 3.8) is 0 Å². The molecule has 0 radical (unpaired) electrons. The lowest BCUT2D eigenvalue weighted by Gasteiger charge is -2.28. The van der Waals surface area contributed by atoms with Crippen LogP contribution in [0.25, 0.3) is 11.3 Å². The van der Waals surface area contributed by atoms with Gasteiger partial charge in [-0.3, -0.25) is 9.97 Å². The number of aromatic nitrogens is 2. The third kappa shape index (κ3) is 3.18. The maximum Gasteiger partial charge on any atom is 0.106 e. The summed E-state index contributed by atoms with van der Waals surface area (Å²) in [4.78, 5) is 10.2. The molecule has 1 heterocycles. The Morgan fingerprint density at radius 2 is 1.90 bits per heavy atom. The van der Waals surface area contributed by atoms with Crippen molar-refractivity contribution in [3.8, 4) is 11.3 Å². The zero-order valence-electron chi connectivity index (χ0n) is 11.7. The first-order valence-corrected chi connectivity index (χ1v) is 6.48. The lowest BCUT2D eigenvalue weighted by Crippen LogP contribution is -2.38. The van der Waals surface area contributed by atoms with Crippen LogP contribution >= 0.6 is 0 Å². The van der Waals surface area contributed by atoms with Gasteiger partial charge in [-0.2, -0.15) is 0 Å². The third-order valence-corrected chi connectivity index (χ3v) is 3.25. The Hall–Kier alpha value is -1.85. The SMILES string of the molecule is CN(C)C(c1ccc(-c2cnccn2)cc1)C(N)CF. The van der Waals surface area contributed by atoms with Crippen molar-refractivity contribution in [1.82, 2.24) is 14.9 Å². The molecule has 2 atom stereocenters. The molecular weight excluding hydrogens is 255 g/mol. The number of rotatable bonds is 5. The van der Waals surface area contributed by atoms with Crippen molar-refractivity contribution < 1.29 is 4.39 Å². The lowest BCUT2D eigenvalue weighted by molar-refractivity contribution is 0.230. The Balaban J connectivity index is 2.27. The molecule has 0 spiro atoms. The molecule has 20 heavy (non-hydrogen) atoms. The second-order valence-corrected chi connectivity index (χ2v) is 4.94. The average Bonchev–Trinajstić information content (AvgIpc) is 2.48. The monoisotopic (exact) mass is 274 g/mol. The predicted molar refractivity (Wildman–Crippen MR) is 77.8 cm³/mol. The van der Waals surface area contributed by atoms with Crippen LogP contribution in [0.3, 0.4) is 0 Å². The summed E-state index contributed by atoms with van der Waals surface area (Å²) in [6.07, 6.45) is 5.01. The summed E-state index contributed by atoms with van der Waals surface area (Å²) in [6.45, 7) is -0.547. The fourth-order valence-electron chi connectivity index (χ4n) is 2.31. The third-order valence-electron chi connectivity index (χ3n) is 3.25. The first-order chi connectivity index (χ1) is 9.63. The van der Waals surface area contributed by atoms with E-state index in [9.17, 15) is 4.39 Å². The molecule has 1 aromatic heterocycles. The van der Waals surface area contributed by atoms with Gasteiger partial charge >= 0.3 is 0 Å². The van der Waals surface area contributed by atoms with Crippen LogP contribution in [0.1, 0.15) is 11.6 Å². The van der Waals surface area contributed by atoms with Crippen LogP contribution in [0.4, 0.5) is 4.39 Å². The molecule has 4 nitrogen and oxygen atoms in total. The van der Waals surface area contributed by atoms with Gasteiger partial charge in [-0.15, -0.1) is 0 Å². The predicted octanol–water partition coefficient (Wildman–Crippen LogP) is 2.04. The molecule has 2 rings (SSSR count). The van der Waals surface area contributed by atoms with Crippen molar-refractivity contribution in [2.45, 2.75) is 12.1 Å². The van der Waals surface area contributed by atoms with Crippen molar-refractivity contribution >= 4 is 0 Å². The summed E-state index contributed by atoms with van der Waals surface area (Å²) < 4.78 is 12.9. The standard InChI is InChI=1S/C15H19FN4/c1-20(2)15(13(17)9-16)12-5-3-11(4-6-12)14-10-18-7-8-19-14/h3-8,10,13,15H,9,17H2,1-2H3. The van der Waals surface area contributed by atoms with Crippen LogP contribution in [-0.2, 0) is 0 Å². The quantitative estimate of drug-likeness (QED) is 0.906. The van der Waals surface area contributed by atoms with Crippen LogP contribution in [0.15, 0.2) is 42.9 Å². The minimum Gasteiger partial charge on any atom is -0.324 e. The van der Waals surface area contributed by atoms with E-state index in [1.807, 2.05) is 43.3 Å². The lowest BCUT2D eigenvalue weighted by atomic mass is 9.98. The highest BCUT2D eigenvalue weighted by Gasteiger charge is 2.21. The molecule has 0 amide bonds. The van der Waals surface area contributed by atoms with Crippen LogP contribution in [0.2, 0.25) is 0 Å². The van der Waals surface area contributed by atoms with Crippen molar-refractivity contribution in [2.75, 3.05) is 20.8 Å². The van der Waals surface area contributed by atoms with E-state index in [2.05, 4.69) is 9.97 Å². The number of nitrogens with two attached hydrogens (primary N) is 1. The highest BCUT2D eigenvalue weighted by atomic mass is 19.1. The summed E-state index contributed by atoms with van der Waals surface area (Å²) in [6, 6.07) is 7.17. The summed E-state index contributed by atoms with van der Waals surface area (Å²) in [5.74, 6) is 0. The Labute approximate surface area is 118 Å².